The van der Waals surface area contributed by atoms with Crippen molar-refractivity contribution in [3.63, 3.8) is 0 Å². The van der Waals surface area contributed by atoms with Crippen LogP contribution < -0.4 is 9.47 Å². The van der Waals surface area contributed by atoms with E-state index >= 15 is 0 Å². The molecule has 0 heterocycles. The lowest BCUT2D eigenvalue weighted by atomic mass is 9.86. The molecule has 0 fully saturated rings. The van der Waals surface area contributed by atoms with Crippen LogP contribution >= 0.6 is 0 Å². The van der Waals surface area contributed by atoms with Gasteiger partial charge in [-0.15, -0.1) is 0 Å². The minimum Gasteiger partial charge on any atom is -0.513 e. The maximum Gasteiger partial charge on any atom is 0.126 e. The Labute approximate surface area is 134 Å². The predicted octanol–water partition coefficient (Wildman–Crippen LogP) is 5.15. The summed E-state index contributed by atoms with van der Waals surface area (Å²) < 4.78 is 11.3. The molecular weight excluding hydrogens is 276 g/mol. The Bertz CT molecular complexity index is 494. The number of hydrogen-bond donors (Lipinski definition) is 1. The summed E-state index contributed by atoms with van der Waals surface area (Å²) in [5.74, 6) is 2.40. The average molecular weight is 304 g/mol. The number of allylic oxidation sites excluding steroid dienone is 2. The quantitative estimate of drug-likeness (QED) is 0.708. The number of methoxy groups -OCH3 is 2. The molecule has 122 valence electrons. The molecule has 1 atom stereocenters. The summed E-state index contributed by atoms with van der Waals surface area (Å²) in [6, 6.07) is 4.26. The molecule has 0 aromatic heterocycles. The largest absolute Gasteiger partial charge is 0.513 e. The van der Waals surface area contributed by atoms with Crippen molar-refractivity contribution in [2.24, 2.45) is 0 Å². The molecule has 0 amide bonds. The molecule has 0 spiro atoms. The number of rotatable bonds is 7. The molecule has 0 unspecified atom stereocenters. The van der Waals surface area contributed by atoms with E-state index in [1.54, 1.807) is 14.2 Å². The second-order valence-electron chi connectivity index (χ2n) is 6.03. The van der Waals surface area contributed by atoms with Crippen LogP contribution in [0, 0.1) is 0 Å². The van der Waals surface area contributed by atoms with Crippen molar-refractivity contribution in [2.45, 2.75) is 57.8 Å². The first-order valence-electron chi connectivity index (χ1n) is 8.34. The zero-order valence-corrected chi connectivity index (χ0v) is 14.0. The number of aliphatic hydroxyl groups excluding tert-OH is 1. The highest BCUT2D eigenvalue weighted by atomic mass is 16.5. The molecule has 22 heavy (non-hydrogen) atoms. The Morgan fingerprint density at radius 2 is 1.82 bits per heavy atom. The van der Waals surface area contributed by atoms with Gasteiger partial charge in [0, 0.05) is 17.9 Å². The van der Waals surface area contributed by atoms with Gasteiger partial charge in [0.2, 0.25) is 0 Å². The summed E-state index contributed by atoms with van der Waals surface area (Å²) in [5, 5.41) is 9.85. The van der Waals surface area contributed by atoms with Crippen LogP contribution in [0.15, 0.2) is 24.0 Å². The van der Waals surface area contributed by atoms with E-state index in [9.17, 15) is 5.11 Å². The highest BCUT2D eigenvalue weighted by molar-refractivity contribution is 5.52. The molecule has 3 nitrogen and oxygen atoms in total. The van der Waals surface area contributed by atoms with Gasteiger partial charge in [0.05, 0.1) is 20.0 Å². The fourth-order valence-corrected chi connectivity index (χ4v) is 3.21. The lowest BCUT2D eigenvalue weighted by Gasteiger charge is -2.24. The van der Waals surface area contributed by atoms with Crippen LogP contribution in [0.3, 0.4) is 0 Å². The number of aliphatic hydroxyl groups is 1. The van der Waals surface area contributed by atoms with Gasteiger partial charge in [0.1, 0.15) is 11.5 Å². The Kier molecular flexibility index (Phi) is 6.17. The summed E-state index contributed by atoms with van der Waals surface area (Å²) in [5.41, 5.74) is 2.32. The first-order chi connectivity index (χ1) is 10.7. The summed E-state index contributed by atoms with van der Waals surface area (Å²) in [4.78, 5) is 0. The third-order valence-corrected chi connectivity index (χ3v) is 4.39. The van der Waals surface area contributed by atoms with Gasteiger partial charge in [-0.2, -0.15) is 0 Å². The number of ether oxygens (including phenoxy) is 2. The van der Waals surface area contributed by atoms with E-state index in [-0.39, 0.29) is 5.92 Å². The van der Waals surface area contributed by atoms with Gasteiger partial charge >= 0.3 is 0 Å². The number of aryl methyl sites for hydroxylation is 1. The minimum absolute atomic E-state index is 0.170. The van der Waals surface area contributed by atoms with Crippen LogP contribution in [0.25, 0.3) is 0 Å². The van der Waals surface area contributed by atoms with Gasteiger partial charge in [0.25, 0.3) is 0 Å². The van der Waals surface area contributed by atoms with Crippen molar-refractivity contribution in [1.82, 2.24) is 0 Å². The first kappa shape index (κ1) is 16.7. The van der Waals surface area contributed by atoms with Gasteiger partial charge in [-0.25, -0.2) is 0 Å². The lowest BCUT2D eigenvalue weighted by Crippen LogP contribution is -2.08. The Hall–Kier alpha value is -1.64. The van der Waals surface area contributed by atoms with Crippen LogP contribution in [-0.2, 0) is 6.42 Å². The van der Waals surface area contributed by atoms with Crippen LogP contribution in [0.2, 0.25) is 0 Å². The molecule has 0 saturated heterocycles. The molecule has 0 saturated carbocycles. The van der Waals surface area contributed by atoms with E-state index < -0.39 is 0 Å². The standard InChI is InChI=1S/C19H28O3/c1-4-5-6-8-14-11-17(21-2)19(18(12-14)22-3)15-9-7-10-16(20)13-15/h11-13,15,20H,4-10H2,1-3H3/t15-/m0/s1. The maximum absolute atomic E-state index is 9.85. The zero-order chi connectivity index (χ0) is 15.9. The van der Waals surface area contributed by atoms with Gasteiger partial charge in [-0.3, -0.25) is 0 Å². The maximum atomic E-state index is 9.85. The van der Waals surface area contributed by atoms with Crippen molar-refractivity contribution in [2.75, 3.05) is 14.2 Å². The van der Waals surface area contributed by atoms with Crippen LogP contribution in [0.5, 0.6) is 11.5 Å². The fourth-order valence-electron chi connectivity index (χ4n) is 3.21. The predicted molar refractivity (Wildman–Crippen MR) is 90.1 cm³/mol. The second-order valence-corrected chi connectivity index (χ2v) is 6.03. The van der Waals surface area contributed by atoms with Gasteiger partial charge < -0.3 is 14.6 Å². The normalized spacial score (nSPS) is 18.0. The molecule has 3 heteroatoms. The van der Waals surface area contributed by atoms with E-state index in [0.717, 1.165) is 42.7 Å². The Balaban J connectivity index is 2.33. The number of hydrogen-bond acceptors (Lipinski definition) is 3. The second kappa shape index (κ2) is 8.11. The number of unbranched alkanes of at least 4 members (excludes halogenated alkanes) is 2. The van der Waals surface area contributed by atoms with E-state index in [1.165, 1.54) is 24.8 Å². The van der Waals surface area contributed by atoms with Gasteiger partial charge in [0.15, 0.2) is 0 Å². The third kappa shape index (κ3) is 3.96. The third-order valence-electron chi connectivity index (χ3n) is 4.39. The minimum atomic E-state index is 0.170. The van der Waals surface area contributed by atoms with Crippen molar-refractivity contribution in [1.29, 1.82) is 0 Å². The Morgan fingerprint density at radius 3 is 2.36 bits per heavy atom. The van der Waals surface area contributed by atoms with Crippen molar-refractivity contribution < 1.29 is 14.6 Å². The van der Waals surface area contributed by atoms with E-state index in [4.69, 9.17) is 9.47 Å². The monoisotopic (exact) mass is 304 g/mol. The van der Waals surface area contributed by atoms with E-state index in [1.807, 2.05) is 6.08 Å². The van der Waals surface area contributed by atoms with Crippen molar-refractivity contribution in [3.8, 4) is 11.5 Å². The molecule has 1 aliphatic carbocycles. The van der Waals surface area contributed by atoms with E-state index in [0.29, 0.717) is 5.76 Å². The lowest BCUT2D eigenvalue weighted by molar-refractivity contribution is 0.351. The number of benzene rings is 1. The zero-order valence-electron chi connectivity index (χ0n) is 14.0. The summed E-state index contributed by atoms with van der Waals surface area (Å²) in [6.45, 7) is 2.21. The Morgan fingerprint density at radius 1 is 1.14 bits per heavy atom. The molecular formula is C19H28O3. The van der Waals surface area contributed by atoms with E-state index in [2.05, 4.69) is 19.1 Å². The molecule has 1 aromatic rings. The molecule has 2 rings (SSSR count). The summed E-state index contributed by atoms with van der Waals surface area (Å²) in [6.07, 6.45) is 9.43. The highest BCUT2D eigenvalue weighted by Gasteiger charge is 2.23. The topological polar surface area (TPSA) is 38.7 Å². The highest BCUT2D eigenvalue weighted by Crippen LogP contribution is 2.42. The van der Waals surface area contributed by atoms with Gasteiger partial charge in [-0.05, 0) is 49.5 Å². The average Bonchev–Trinajstić information content (AvgIpc) is 2.54. The van der Waals surface area contributed by atoms with Crippen molar-refractivity contribution >= 4 is 0 Å². The molecule has 1 aliphatic rings. The molecule has 1 N–H and O–H groups in total. The van der Waals surface area contributed by atoms with Crippen LogP contribution in [-0.4, -0.2) is 19.3 Å². The molecule has 1 aromatic carbocycles. The smallest absolute Gasteiger partial charge is 0.126 e. The molecule has 0 radical (unpaired) electrons. The first-order valence-corrected chi connectivity index (χ1v) is 8.34. The van der Waals surface area contributed by atoms with Crippen molar-refractivity contribution in [3.05, 3.63) is 35.1 Å². The SMILES string of the molecule is CCCCCc1cc(OC)c([C@@H]2C=C(O)CCC2)c(OC)c1. The molecule has 0 bridgehead atoms. The fraction of sp³-hybridized carbons (Fsp3) is 0.579. The van der Waals surface area contributed by atoms with Crippen LogP contribution in [0.1, 0.15) is 62.5 Å². The summed E-state index contributed by atoms with van der Waals surface area (Å²) >= 11 is 0. The summed E-state index contributed by atoms with van der Waals surface area (Å²) in [7, 11) is 3.42. The van der Waals surface area contributed by atoms with Gasteiger partial charge in [-0.1, -0.05) is 19.8 Å². The van der Waals surface area contributed by atoms with Crippen LogP contribution in [0.4, 0.5) is 0 Å². The molecule has 0 aliphatic heterocycles.